The monoisotopic (exact) mass is 415 g/mol. The zero-order valence-electron chi connectivity index (χ0n) is 17.9. The zero-order chi connectivity index (χ0) is 22.1. The predicted molar refractivity (Wildman–Crippen MR) is 119 cm³/mol. The molecule has 2 aromatic rings. The second-order valence-corrected chi connectivity index (χ2v) is 9.14. The van der Waals surface area contributed by atoms with Crippen molar-refractivity contribution in [3.63, 3.8) is 0 Å². The van der Waals surface area contributed by atoms with Crippen LogP contribution in [0.15, 0.2) is 61.2 Å². The number of carbonyl (C=O) groups is 3. The summed E-state index contributed by atoms with van der Waals surface area (Å²) in [5.41, 5.74) is 1.54. The molecule has 158 valence electrons. The van der Waals surface area contributed by atoms with Crippen molar-refractivity contribution in [3.05, 3.63) is 72.3 Å². The van der Waals surface area contributed by atoms with Gasteiger partial charge in [0.1, 0.15) is 12.2 Å². The Kier molecular flexibility index (Phi) is 3.97. The summed E-state index contributed by atoms with van der Waals surface area (Å²) >= 11 is 0. The van der Waals surface area contributed by atoms with E-state index in [0.29, 0.717) is 17.7 Å². The quantitative estimate of drug-likeness (QED) is 0.761. The molecule has 3 aliphatic heterocycles. The third-order valence-electron chi connectivity index (χ3n) is 7.40. The van der Waals surface area contributed by atoms with Crippen LogP contribution < -0.4 is 10.2 Å². The molecule has 5 rings (SSSR count). The van der Waals surface area contributed by atoms with Crippen molar-refractivity contribution >= 4 is 29.1 Å². The Bertz CT molecular complexity index is 1150. The van der Waals surface area contributed by atoms with Gasteiger partial charge in [-0.25, -0.2) is 0 Å². The minimum absolute atomic E-state index is 0.162. The average Bonchev–Trinajstić information content (AvgIpc) is 3.22. The van der Waals surface area contributed by atoms with Gasteiger partial charge in [0.05, 0.1) is 11.3 Å². The van der Waals surface area contributed by atoms with Gasteiger partial charge in [-0.2, -0.15) is 0 Å². The number of hydrogen-bond acceptors (Lipinski definition) is 3. The Balaban J connectivity index is 1.82. The SMILES string of the molecule is C=CC(C)(C)[C@@]12C[C@H]3C(=O)Nc4ccccc4C(=O)N3[C@@H]1N(C(C)=O)c1ccccc12. The van der Waals surface area contributed by atoms with E-state index in [2.05, 4.69) is 25.7 Å². The summed E-state index contributed by atoms with van der Waals surface area (Å²) in [4.78, 5) is 43.5. The van der Waals surface area contributed by atoms with E-state index >= 15 is 0 Å². The summed E-state index contributed by atoms with van der Waals surface area (Å²) in [7, 11) is 0. The van der Waals surface area contributed by atoms with Crippen LogP contribution in [0.3, 0.4) is 0 Å². The molecule has 31 heavy (non-hydrogen) atoms. The van der Waals surface area contributed by atoms with E-state index in [1.807, 2.05) is 30.3 Å². The van der Waals surface area contributed by atoms with Gasteiger partial charge in [0.2, 0.25) is 11.8 Å². The van der Waals surface area contributed by atoms with Gasteiger partial charge in [-0.15, -0.1) is 6.58 Å². The van der Waals surface area contributed by atoms with E-state index in [4.69, 9.17) is 0 Å². The minimum atomic E-state index is -0.695. The number of amides is 3. The van der Waals surface area contributed by atoms with Gasteiger partial charge in [0.25, 0.3) is 5.91 Å². The maximum Gasteiger partial charge on any atom is 0.258 e. The summed E-state index contributed by atoms with van der Waals surface area (Å²) in [5, 5.41) is 2.94. The fourth-order valence-electron chi connectivity index (χ4n) is 5.78. The first kappa shape index (κ1) is 19.5. The Morgan fingerprint density at radius 2 is 1.84 bits per heavy atom. The van der Waals surface area contributed by atoms with Crippen LogP contribution in [0.25, 0.3) is 0 Å². The van der Waals surface area contributed by atoms with Crippen molar-refractivity contribution < 1.29 is 14.4 Å². The summed E-state index contributed by atoms with van der Waals surface area (Å²) in [6.45, 7) is 9.72. The summed E-state index contributed by atoms with van der Waals surface area (Å²) < 4.78 is 0. The van der Waals surface area contributed by atoms with Gasteiger partial charge in [-0.1, -0.05) is 50.3 Å². The molecule has 1 fully saturated rings. The van der Waals surface area contributed by atoms with Crippen molar-refractivity contribution in [3.8, 4) is 0 Å². The first-order valence-electron chi connectivity index (χ1n) is 10.5. The Labute approximate surface area is 181 Å². The number of hydrogen-bond donors (Lipinski definition) is 1. The second-order valence-electron chi connectivity index (χ2n) is 9.14. The molecule has 3 amide bonds. The minimum Gasteiger partial charge on any atom is -0.324 e. The number of nitrogens with one attached hydrogen (secondary N) is 1. The fraction of sp³-hybridized carbons (Fsp3) is 0.320. The van der Waals surface area contributed by atoms with Crippen LogP contribution in [0, 0.1) is 5.41 Å². The zero-order valence-corrected chi connectivity index (χ0v) is 17.9. The highest BCUT2D eigenvalue weighted by Gasteiger charge is 2.69. The normalized spacial score (nSPS) is 26.4. The van der Waals surface area contributed by atoms with Crippen molar-refractivity contribution in [2.24, 2.45) is 5.41 Å². The van der Waals surface area contributed by atoms with Gasteiger partial charge in [0, 0.05) is 18.0 Å². The van der Waals surface area contributed by atoms with Crippen LogP contribution >= 0.6 is 0 Å². The number of benzene rings is 2. The number of para-hydroxylation sites is 2. The van der Waals surface area contributed by atoms with E-state index in [0.717, 1.165) is 11.3 Å². The molecule has 1 saturated heterocycles. The number of fused-ring (bicyclic) bond motifs is 6. The van der Waals surface area contributed by atoms with Crippen LogP contribution in [-0.2, 0) is 15.0 Å². The van der Waals surface area contributed by atoms with Crippen molar-refractivity contribution in [1.82, 2.24) is 4.90 Å². The van der Waals surface area contributed by atoms with Crippen LogP contribution in [0.2, 0.25) is 0 Å². The third-order valence-corrected chi connectivity index (χ3v) is 7.40. The molecule has 0 bridgehead atoms. The van der Waals surface area contributed by atoms with E-state index < -0.39 is 23.0 Å². The van der Waals surface area contributed by atoms with Crippen LogP contribution in [0.4, 0.5) is 11.4 Å². The number of anilines is 2. The number of rotatable bonds is 2. The lowest BCUT2D eigenvalue weighted by Gasteiger charge is -2.45. The first-order valence-corrected chi connectivity index (χ1v) is 10.5. The lowest BCUT2D eigenvalue weighted by Crippen LogP contribution is -2.58. The molecule has 2 aromatic carbocycles. The smallest absolute Gasteiger partial charge is 0.258 e. The Hall–Kier alpha value is -3.41. The molecule has 0 spiro atoms. The molecule has 3 aliphatic rings. The molecule has 0 radical (unpaired) electrons. The number of carbonyl (C=O) groups excluding carboxylic acids is 3. The maximum atomic E-state index is 13.9. The topological polar surface area (TPSA) is 69.7 Å². The number of nitrogens with zero attached hydrogens (tertiary/aromatic N) is 2. The fourth-order valence-corrected chi connectivity index (χ4v) is 5.78. The predicted octanol–water partition coefficient (Wildman–Crippen LogP) is 3.70. The van der Waals surface area contributed by atoms with Crippen LogP contribution in [0.5, 0.6) is 0 Å². The molecule has 6 nitrogen and oxygen atoms in total. The molecule has 0 aliphatic carbocycles. The van der Waals surface area contributed by atoms with Gasteiger partial charge >= 0.3 is 0 Å². The van der Waals surface area contributed by atoms with Gasteiger partial charge in [-0.05, 0) is 35.6 Å². The molecule has 3 atom stereocenters. The summed E-state index contributed by atoms with van der Waals surface area (Å²) in [6, 6.07) is 14.1. The second kappa shape index (κ2) is 6.30. The highest BCUT2D eigenvalue weighted by atomic mass is 16.2. The summed E-state index contributed by atoms with van der Waals surface area (Å²) in [5.74, 6) is -0.636. The first-order chi connectivity index (χ1) is 14.7. The average molecular weight is 415 g/mol. The summed E-state index contributed by atoms with van der Waals surface area (Å²) in [6.07, 6.45) is 1.66. The Morgan fingerprint density at radius 3 is 2.55 bits per heavy atom. The molecular formula is C25H25N3O3. The van der Waals surface area contributed by atoms with Crippen molar-refractivity contribution in [1.29, 1.82) is 0 Å². The highest BCUT2D eigenvalue weighted by molar-refractivity contribution is 6.11. The largest absolute Gasteiger partial charge is 0.324 e. The molecule has 0 aromatic heterocycles. The van der Waals surface area contributed by atoms with E-state index in [1.165, 1.54) is 6.92 Å². The lowest BCUT2D eigenvalue weighted by atomic mass is 9.60. The van der Waals surface area contributed by atoms with E-state index in [9.17, 15) is 14.4 Å². The molecule has 0 saturated carbocycles. The Morgan fingerprint density at radius 1 is 1.16 bits per heavy atom. The molecule has 0 unspecified atom stereocenters. The van der Waals surface area contributed by atoms with Crippen LogP contribution in [-0.4, -0.2) is 34.8 Å². The third kappa shape index (κ3) is 2.30. The van der Waals surface area contributed by atoms with E-state index in [-0.39, 0.29) is 17.7 Å². The van der Waals surface area contributed by atoms with Gasteiger partial charge in [0.15, 0.2) is 0 Å². The lowest BCUT2D eigenvalue weighted by molar-refractivity contribution is -0.121. The molecule has 6 heteroatoms. The standard InChI is InChI=1S/C25H25N3O3/c1-5-24(3,4)25-14-20-21(30)26-18-12-8-6-10-16(18)22(31)28(20)23(25)27(15(2)29)19-13-9-7-11-17(19)25/h5-13,20,23H,1,14H2,2-4H3,(H,26,30)/t20-,23-,25+/m0/s1. The van der Waals surface area contributed by atoms with E-state index in [1.54, 1.807) is 34.1 Å². The number of allylic oxidation sites excluding steroid dienone is 1. The highest BCUT2D eigenvalue weighted by Crippen LogP contribution is 2.62. The molecule has 1 N–H and O–H groups in total. The molecular weight excluding hydrogens is 390 g/mol. The van der Waals surface area contributed by atoms with Crippen molar-refractivity contribution in [2.75, 3.05) is 10.2 Å². The molecule has 3 heterocycles. The maximum absolute atomic E-state index is 13.9. The van der Waals surface area contributed by atoms with Gasteiger partial charge in [-0.3, -0.25) is 19.3 Å². The van der Waals surface area contributed by atoms with Crippen molar-refractivity contribution in [2.45, 2.75) is 44.8 Å². The van der Waals surface area contributed by atoms with Crippen LogP contribution in [0.1, 0.15) is 43.1 Å². The van der Waals surface area contributed by atoms with Gasteiger partial charge < -0.3 is 10.2 Å².